The van der Waals surface area contributed by atoms with Crippen LogP contribution in [0.3, 0.4) is 0 Å². The van der Waals surface area contributed by atoms with Crippen LogP contribution in [0.2, 0.25) is 0 Å². The van der Waals surface area contributed by atoms with Crippen molar-refractivity contribution in [2.45, 2.75) is 84.5 Å². The van der Waals surface area contributed by atoms with E-state index < -0.39 is 0 Å². The minimum atomic E-state index is 0.139. The van der Waals surface area contributed by atoms with Crippen LogP contribution in [0.4, 0.5) is 0 Å². The smallest absolute Gasteiger partial charge is 0.0625 e. The fourth-order valence-corrected chi connectivity index (χ4v) is 5.55. The summed E-state index contributed by atoms with van der Waals surface area (Å²) < 4.78 is 0. The summed E-state index contributed by atoms with van der Waals surface area (Å²) in [6.45, 7) is 12.0. The first-order valence-electron chi connectivity index (χ1n) is 10.0. The molecule has 2 aliphatic rings. The van der Waals surface area contributed by atoms with Crippen molar-refractivity contribution < 1.29 is 0 Å². The Balaban J connectivity index is 2.10. The van der Waals surface area contributed by atoms with E-state index in [0.717, 1.165) is 6.42 Å². The Morgan fingerprint density at radius 3 is 2.68 bits per heavy atom. The third-order valence-electron chi connectivity index (χ3n) is 7.05. The molecule has 1 saturated carbocycles. The van der Waals surface area contributed by atoms with E-state index in [1.165, 1.54) is 31.2 Å². The molecule has 0 N–H and O–H groups in total. The molecule has 0 saturated heterocycles. The molecule has 2 aliphatic carbocycles. The minimum absolute atomic E-state index is 0.139. The van der Waals surface area contributed by atoms with Gasteiger partial charge in [0.2, 0.25) is 0 Å². The fraction of sp³-hybridized carbons (Fsp3) is 0.625. The average Bonchev–Trinajstić information content (AvgIpc) is 2.56. The Bertz CT molecular complexity index is 716. The molecule has 25 heavy (non-hydrogen) atoms. The molecule has 0 amide bonds. The molecular weight excluding hydrogens is 302 g/mol. The molecule has 0 radical (unpaired) electrons. The van der Waals surface area contributed by atoms with Gasteiger partial charge in [-0.2, -0.15) is 5.26 Å². The minimum Gasteiger partial charge on any atom is -0.198 e. The molecule has 0 heterocycles. The summed E-state index contributed by atoms with van der Waals surface area (Å²) in [5, 5.41) is 8.94. The molecule has 1 aromatic rings. The van der Waals surface area contributed by atoms with Gasteiger partial charge >= 0.3 is 0 Å². The average molecular weight is 336 g/mol. The van der Waals surface area contributed by atoms with Crippen LogP contribution in [-0.4, -0.2) is 0 Å². The molecule has 0 spiro atoms. The van der Waals surface area contributed by atoms with Gasteiger partial charge in [-0.05, 0) is 66.0 Å². The van der Waals surface area contributed by atoms with Crippen LogP contribution < -0.4 is 0 Å². The Morgan fingerprint density at radius 2 is 2.00 bits per heavy atom. The maximum atomic E-state index is 8.94. The summed E-state index contributed by atoms with van der Waals surface area (Å²) in [7, 11) is 0. The van der Waals surface area contributed by atoms with Crippen LogP contribution in [0.15, 0.2) is 29.8 Å². The van der Waals surface area contributed by atoms with Crippen LogP contribution in [0, 0.1) is 22.7 Å². The second kappa shape index (κ2) is 6.64. The summed E-state index contributed by atoms with van der Waals surface area (Å²) in [6.07, 6.45) is 8.87. The predicted octanol–water partition coefficient (Wildman–Crippen LogP) is 6.68. The van der Waals surface area contributed by atoms with Crippen LogP contribution >= 0.6 is 0 Å². The Morgan fingerprint density at radius 1 is 1.24 bits per heavy atom. The topological polar surface area (TPSA) is 23.8 Å². The van der Waals surface area contributed by atoms with Gasteiger partial charge in [-0.25, -0.2) is 0 Å². The molecule has 1 unspecified atom stereocenters. The third kappa shape index (κ3) is 3.05. The highest BCUT2D eigenvalue weighted by molar-refractivity contribution is 5.48. The van der Waals surface area contributed by atoms with Gasteiger partial charge in [-0.1, -0.05) is 64.5 Å². The van der Waals surface area contributed by atoms with Crippen molar-refractivity contribution in [2.75, 3.05) is 0 Å². The summed E-state index contributed by atoms with van der Waals surface area (Å²) in [4.78, 5) is 0. The van der Waals surface area contributed by atoms with Gasteiger partial charge in [-0.3, -0.25) is 0 Å². The number of rotatable bonds is 3. The molecule has 2 atom stereocenters. The quantitative estimate of drug-likeness (QED) is 0.446. The fourth-order valence-electron chi connectivity index (χ4n) is 5.55. The van der Waals surface area contributed by atoms with Gasteiger partial charge in [-0.15, -0.1) is 0 Å². The number of allylic oxidation sites excluding steroid dienone is 2. The zero-order valence-electron chi connectivity index (χ0n) is 16.7. The van der Waals surface area contributed by atoms with Crippen LogP contribution in [-0.2, 0) is 11.8 Å². The van der Waals surface area contributed by atoms with E-state index in [4.69, 9.17) is 5.26 Å². The first kappa shape index (κ1) is 18.2. The van der Waals surface area contributed by atoms with Gasteiger partial charge in [0.25, 0.3) is 0 Å². The zero-order valence-corrected chi connectivity index (χ0v) is 16.7. The lowest BCUT2D eigenvalue weighted by Gasteiger charge is -2.56. The molecule has 0 aliphatic heterocycles. The summed E-state index contributed by atoms with van der Waals surface area (Å²) >= 11 is 0. The Hall–Kier alpha value is -1.55. The van der Waals surface area contributed by atoms with Crippen molar-refractivity contribution in [3.63, 3.8) is 0 Å². The van der Waals surface area contributed by atoms with Gasteiger partial charge in [0, 0.05) is 11.8 Å². The van der Waals surface area contributed by atoms with Crippen molar-refractivity contribution in [1.29, 1.82) is 5.26 Å². The molecule has 1 fully saturated rings. The highest BCUT2D eigenvalue weighted by Gasteiger charge is 2.51. The third-order valence-corrected chi connectivity index (χ3v) is 7.05. The molecule has 0 aromatic heterocycles. The largest absolute Gasteiger partial charge is 0.198 e. The number of benzene rings is 1. The van der Waals surface area contributed by atoms with Crippen LogP contribution in [0.25, 0.3) is 0 Å². The SMILES string of the molecule is CC(C)c1ccc2c(c1)CCC1C(C)(C)CCC(=CCCC#N)[C@]21C. The number of unbranched alkanes of at least 4 members (excludes halogenated alkanes) is 1. The molecule has 134 valence electrons. The first-order valence-corrected chi connectivity index (χ1v) is 10.0. The summed E-state index contributed by atoms with van der Waals surface area (Å²) in [6, 6.07) is 9.55. The van der Waals surface area contributed by atoms with Crippen molar-refractivity contribution in [1.82, 2.24) is 0 Å². The number of fused-ring (bicyclic) bond motifs is 3. The maximum absolute atomic E-state index is 8.94. The van der Waals surface area contributed by atoms with E-state index in [1.807, 2.05) is 0 Å². The lowest BCUT2D eigenvalue weighted by molar-refractivity contribution is 0.0778. The number of nitriles is 1. The van der Waals surface area contributed by atoms with E-state index in [9.17, 15) is 0 Å². The van der Waals surface area contributed by atoms with Gasteiger partial charge < -0.3 is 0 Å². The van der Waals surface area contributed by atoms with Gasteiger partial charge in [0.05, 0.1) is 6.07 Å². The van der Waals surface area contributed by atoms with E-state index in [1.54, 1.807) is 16.7 Å². The number of hydrogen-bond acceptors (Lipinski definition) is 1. The lowest BCUT2D eigenvalue weighted by atomic mass is 9.48. The summed E-state index contributed by atoms with van der Waals surface area (Å²) in [5.41, 5.74) is 6.70. The predicted molar refractivity (Wildman–Crippen MR) is 106 cm³/mol. The van der Waals surface area contributed by atoms with E-state index in [-0.39, 0.29) is 5.41 Å². The zero-order chi connectivity index (χ0) is 18.2. The van der Waals surface area contributed by atoms with E-state index in [2.05, 4.69) is 65.0 Å². The number of aryl methyl sites for hydroxylation is 1. The van der Waals surface area contributed by atoms with Gasteiger partial charge in [0.15, 0.2) is 0 Å². The maximum Gasteiger partial charge on any atom is 0.0625 e. The molecule has 3 rings (SSSR count). The highest BCUT2D eigenvalue weighted by Crippen LogP contribution is 2.59. The molecule has 0 bridgehead atoms. The van der Waals surface area contributed by atoms with Crippen LogP contribution in [0.5, 0.6) is 0 Å². The lowest BCUT2D eigenvalue weighted by Crippen LogP contribution is -2.49. The molecule has 1 nitrogen and oxygen atoms in total. The molecule has 1 heteroatoms. The second-order valence-corrected chi connectivity index (χ2v) is 9.28. The standard InChI is InChI=1S/C24H33N/c1-17(2)18-9-11-21-19(16-18)10-12-22-23(3,4)14-13-20(24(21,22)5)8-6-7-15-25/h8-9,11,16-17,22H,6-7,10,12-14H2,1-5H3/t22?,24-/m1/s1. The highest BCUT2D eigenvalue weighted by atomic mass is 14.6. The number of nitrogens with zero attached hydrogens (tertiary/aromatic N) is 1. The van der Waals surface area contributed by atoms with Crippen LogP contribution in [0.1, 0.15) is 89.3 Å². The normalized spacial score (nSPS) is 29.2. The Kier molecular flexibility index (Phi) is 4.84. The van der Waals surface area contributed by atoms with Crippen molar-refractivity contribution in [3.8, 4) is 6.07 Å². The molecular formula is C24H33N. The monoisotopic (exact) mass is 335 g/mol. The van der Waals surface area contributed by atoms with Gasteiger partial charge in [0.1, 0.15) is 0 Å². The Labute approximate surface area is 154 Å². The number of hydrogen-bond donors (Lipinski definition) is 0. The van der Waals surface area contributed by atoms with Crippen molar-refractivity contribution >= 4 is 0 Å². The van der Waals surface area contributed by atoms with E-state index >= 15 is 0 Å². The van der Waals surface area contributed by atoms with Crippen molar-refractivity contribution in [2.24, 2.45) is 11.3 Å². The second-order valence-electron chi connectivity index (χ2n) is 9.28. The first-order chi connectivity index (χ1) is 11.8. The van der Waals surface area contributed by atoms with Crippen molar-refractivity contribution in [3.05, 3.63) is 46.5 Å². The van der Waals surface area contributed by atoms with E-state index in [0.29, 0.717) is 23.7 Å². The molecule has 1 aromatic carbocycles. The summed E-state index contributed by atoms with van der Waals surface area (Å²) in [5.74, 6) is 1.28.